The molecule has 2 heterocycles. The zero-order chi connectivity index (χ0) is 20.4. The molecule has 10 heteroatoms. The van der Waals surface area contributed by atoms with Crippen LogP contribution in [0.5, 0.6) is 17.2 Å². The van der Waals surface area contributed by atoms with Crippen LogP contribution in [-0.2, 0) is 0 Å². The van der Waals surface area contributed by atoms with Gasteiger partial charge >= 0.3 is 0 Å². The predicted octanol–water partition coefficient (Wildman–Crippen LogP) is 3.74. The zero-order valence-electron chi connectivity index (χ0n) is 15.9. The number of hydrogen-bond donors (Lipinski definition) is 1. The average molecular weight is 457 g/mol. The van der Waals surface area contributed by atoms with Crippen molar-refractivity contribution in [1.29, 1.82) is 0 Å². The van der Waals surface area contributed by atoms with Crippen LogP contribution in [0.15, 0.2) is 47.1 Å². The summed E-state index contributed by atoms with van der Waals surface area (Å²) >= 11 is 3.49. The third kappa shape index (κ3) is 3.54. The van der Waals surface area contributed by atoms with Crippen molar-refractivity contribution in [2.24, 2.45) is 0 Å². The Kier molecular flexibility index (Phi) is 5.17. The molecule has 0 fully saturated rings. The Morgan fingerprint density at radius 3 is 2.41 bits per heavy atom. The molecule has 0 saturated heterocycles. The Balaban J connectivity index is 1.74. The number of rotatable bonds is 6. The number of halogens is 1. The summed E-state index contributed by atoms with van der Waals surface area (Å²) in [5, 5.41) is 11.6. The topological polar surface area (TPSA) is 96.2 Å². The Morgan fingerprint density at radius 1 is 1.00 bits per heavy atom. The molecule has 2 aromatic heterocycles. The Bertz CT molecular complexity index is 1150. The standard InChI is InChI=1S/C19H17BrN6O3/c1-27-15-8-11(9-16(28-2)17(15)29-3)22-19-21-10-12(20)18(23-19)26-14-7-5-4-6-13(14)24-25-26/h4-10H,1-3H3,(H,21,22,23). The second kappa shape index (κ2) is 7.92. The van der Waals surface area contributed by atoms with Crippen LogP contribution >= 0.6 is 15.9 Å². The Labute approximate surface area is 174 Å². The number of benzene rings is 2. The Hall–Kier alpha value is -3.40. The van der Waals surface area contributed by atoms with E-state index in [1.165, 1.54) is 0 Å². The summed E-state index contributed by atoms with van der Waals surface area (Å²) in [7, 11) is 4.68. The van der Waals surface area contributed by atoms with Gasteiger partial charge in [0, 0.05) is 24.0 Å². The first kappa shape index (κ1) is 18.9. The lowest BCUT2D eigenvalue weighted by molar-refractivity contribution is 0.324. The highest BCUT2D eigenvalue weighted by molar-refractivity contribution is 9.10. The van der Waals surface area contributed by atoms with Gasteiger partial charge in [-0.25, -0.2) is 4.98 Å². The van der Waals surface area contributed by atoms with Gasteiger partial charge in [0.15, 0.2) is 17.3 Å². The van der Waals surface area contributed by atoms with Gasteiger partial charge in [-0.05, 0) is 28.1 Å². The maximum absolute atomic E-state index is 5.39. The molecule has 9 nitrogen and oxygen atoms in total. The minimum Gasteiger partial charge on any atom is -0.493 e. The van der Waals surface area contributed by atoms with Crippen molar-refractivity contribution in [3.05, 3.63) is 47.1 Å². The van der Waals surface area contributed by atoms with E-state index >= 15 is 0 Å². The van der Waals surface area contributed by atoms with Gasteiger partial charge in [0.25, 0.3) is 0 Å². The van der Waals surface area contributed by atoms with Gasteiger partial charge in [-0.2, -0.15) is 9.67 Å². The van der Waals surface area contributed by atoms with Gasteiger partial charge in [-0.3, -0.25) is 0 Å². The molecule has 0 radical (unpaired) electrons. The number of nitrogens with one attached hydrogen (secondary N) is 1. The lowest BCUT2D eigenvalue weighted by Gasteiger charge is -2.15. The lowest BCUT2D eigenvalue weighted by atomic mass is 10.2. The highest BCUT2D eigenvalue weighted by Crippen LogP contribution is 2.40. The van der Waals surface area contributed by atoms with Gasteiger partial charge in [0.05, 0.1) is 31.3 Å². The second-order valence-corrected chi connectivity index (χ2v) is 6.75. The van der Waals surface area contributed by atoms with Crippen molar-refractivity contribution in [3.8, 4) is 23.1 Å². The summed E-state index contributed by atoms with van der Waals surface area (Å²) in [6.45, 7) is 0. The van der Waals surface area contributed by atoms with Gasteiger partial charge in [-0.15, -0.1) is 5.10 Å². The number of hydrogen-bond acceptors (Lipinski definition) is 8. The summed E-state index contributed by atoms with van der Waals surface area (Å²) in [6, 6.07) is 11.2. The monoisotopic (exact) mass is 456 g/mol. The zero-order valence-corrected chi connectivity index (χ0v) is 17.5. The molecule has 0 aliphatic carbocycles. The van der Waals surface area contributed by atoms with E-state index in [2.05, 4.69) is 41.5 Å². The van der Waals surface area contributed by atoms with Crippen LogP contribution in [0.25, 0.3) is 16.9 Å². The van der Waals surface area contributed by atoms with E-state index in [0.29, 0.717) is 39.2 Å². The maximum atomic E-state index is 5.39. The van der Waals surface area contributed by atoms with Gasteiger partial charge in [0.1, 0.15) is 5.52 Å². The molecule has 0 atom stereocenters. The van der Waals surface area contributed by atoms with Crippen molar-refractivity contribution < 1.29 is 14.2 Å². The summed E-state index contributed by atoms with van der Waals surface area (Å²) in [6.07, 6.45) is 1.65. The quantitative estimate of drug-likeness (QED) is 0.468. The molecule has 0 saturated carbocycles. The normalized spacial score (nSPS) is 10.8. The molecule has 0 aliphatic rings. The van der Waals surface area contributed by atoms with Crippen LogP contribution in [0, 0.1) is 0 Å². The van der Waals surface area contributed by atoms with E-state index in [1.807, 2.05) is 24.3 Å². The van der Waals surface area contributed by atoms with Crippen molar-refractivity contribution in [2.45, 2.75) is 0 Å². The minimum atomic E-state index is 0.372. The number of methoxy groups -OCH3 is 3. The molecule has 4 aromatic rings. The molecule has 0 spiro atoms. The van der Waals surface area contributed by atoms with E-state index in [9.17, 15) is 0 Å². The maximum Gasteiger partial charge on any atom is 0.229 e. The summed E-state index contributed by atoms with van der Waals surface area (Å²) < 4.78 is 18.5. The number of nitrogens with zero attached hydrogens (tertiary/aromatic N) is 5. The van der Waals surface area contributed by atoms with Crippen molar-refractivity contribution in [2.75, 3.05) is 26.6 Å². The van der Waals surface area contributed by atoms with E-state index < -0.39 is 0 Å². The first-order valence-corrected chi connectivity index (χ1v) is 9.34. The molecule has 4 rings (SSSR count). The largest absolute Gasteiger partial charge is 0.493 e. The number of anilines is 2. The molecular weight excluding hydrogens is 440 g/mol. The van der Waals surface area contributed by atoms with Crippen molar-refractivity contribution >= 4 is 38.6 Å². The van der Waals surface area contributed by atoms with Crippen LogP contribution in [0.4, 0.5) is 11.6 Å². The molecule has 29 heavy (non-hydrogen) atoms. The van der Waals surface area contributed by atoms with Crippen LogP contribution in [0.2, 0.25) is 0 Å². The highest BCUT2D eigenvalue weighted by atomic mass is 79.9. The summed E-state index contributed by atoms with van der Waals surface area (Å²) in [5.74, 6) is 2.48. The van der Waals surface area contributed by atoms with Gasteiger partial charge < -0.3 is 19.5 Å². The van der Waals surface area contributed by atoms with E-state index in [-0.39, 0.29) is 0 Å². The molecule has 148 valence electrons. The van der Waals surface area contributed by atoms with E-state index in [0.717, 1.165) is 11.0 Å². The molecule has 0 bridgehead atoms. The van der Waals surface area contributed by atoms with Crippen LogP contribution in [0.3, 0.4) is 0 Å². The first-order valence-electron chi connectivity index (χ1n) is 8.55. The molecule has 0 amide bonds. The smallest absolute Gasteiger partial charge is 0.229 e. The van der Waals surface area contributed by atoms with Crippen LogP contribution in [0.1, 0.15) is 0 Å². The van der Waals surface area contributed by atoms with Crippen molar-refractivity contribution in [1.82, 2.24) is 25.0 Å². The fraction of sp³-hybridized carbons (Fsp3) is 0.158. The summed E-state index contributed by atoms with van der Waals surface area (Å²) in [5.41, 5.74) is 2.29. The fourth-order valence-electron chi connectivity index (χ4n) is 2.87. The third-order valence-corrected chi connectivity index (χ3v) is 4.76. The van der Waals surface area contributed by atoms with Crippen LogP contribution in [-0.4, -0.2) is 46.3 Å². The predicted molar refractivity (Wildman–Crippen MR) is 112 cm³/mol. The second-order valence-electron chi connectivity index (χ2n) is 5.89. The SMILES string of the molecule is COc1cc(Nc2ncc(Br)c(-n3nnc4ccccc43)n2)cc(OC)c1OC. The molecule has 0 aliphatic heterocycles. The molecule has 0 unspecified atom stereocenters. The molecule has 1 N–H and O–H groups in total. The van der Waals surface area contributed by atoms with Gasteiger partial charge in [-0.1, -0.05) is 17.3 Å². The Morgan fingerprint density at radius 2 is 1.72 bits per heavy atom. The van der Waals surface area contributed by atoms with Crippen LogP contribution < -0.4 is 19.5 Å². The first-order chi connectivity index (χ1) is 14.1. The lowest BCUT2D eigenvalue weighted by Crippen LogP contribution is -2.06. The highest BCUT2D eigenvalue weighted by Gasteiger charge is 2.16. The minimum absolute atomic E-state index is 0.372. The number of aromatic nitrogens is 5. The fourth-order valence-corrected chi connectivity index (χ4v) is 3.23. The number of para-hydroxylation sites is 1. The van der Waals surface area contributed by atoms with E-state index in [4.69, 9.17) is 14.2 Å². The van der Waals surface area contributed by atoms with Gasteiger partial charge in [0.2, 0.25) is 11.7 Å². The number of ether oxygens (including phenoxy) is 3. The van der Waals surface area contributed by atoms with Crippen molar-refractivity contribution in [3.63, 3.8) is 0 Å². The summed E-state index contributed by atoms with van der Waals surface area (Å²) in [4.78, 5) is 8.93. The van der Waals surface area contributed by atoms with E-state index in [1.54, 1.807) is 44.3 Å². The molecular formula is C19H17BrN6O3. The molecule has 2 aromatic carbocycles. The third-order valence-electron chi connectivity index (χ3n) is 4.20. The number of fused-ring (bicyclic) bond motifs is 1. The average Bonchev–Trinajstić information content (AvgIpc) is 3.18.